The van der Waals surface area contributed by atoms with E-state index in [4.69, 9.17) is 4.42 Å². The summed E-state index contributed by atoms with van der Waals surface area (Å²) in [6, 6.07) is 37.9. The summed E-state index contributed by atoms with van der Waals surface area (Å²) in [5.41, 5.74) is 6.05. The molecule has 0 aliphatic carbocycles. The van der Waals surface area contributed by atoms with Crippen LogP contribution in [0.2, 0.25) is 0 Å². The molecular weight excluding hydrogens is 577 g/mol. The quantitative estimate of drug-likeness (QED) is 0.172. The highest BCUT2D eigenvalue weighted by atomic mass is 32.2. The van der Waals surface area contributed by atoms with E-state index in [2.05, 4.69) is 18.2 Å². The van der Waals surface area contributed by atoms with Crippen LogP contribution >= 0.6 is 0 Å². The molecule has 6 nitrogen and oxygen atoms in total. The molecular formula is C36H28FNO5S. The lowest BCUT2D eigenvalue weighted by Gasteiger charge is -2.21. The zero-order valence-electron chi connectivity index (χ0n) is 23.6. The lowest BCUT2D eigenvalue weighted by molar-refractivity contribution is -0.137. The lowest BCUT2D eigenvalue weighted by Crippen LogP contribution is -2.35. The Kier molecular flexibility index (Phi) is 8.11. The molecule has 0 atom stereocenters. The number of carbonyl (C=O) groups is 1. The Balaban J connectivity index is 1.27. The maximum Gasteiger partial charge on any atom is 0.318 e. The third-order valence-corrected chi connectivity index (χ3v) is 9.24. The zero-order chi connectivity index (χ0) is 30.7. The Morgan fingerprint density at radius 3 is 2.02 bits per heavy atom. The molecule has 6 rings (SSSR count). The van der Waals surface area contributed by atoms with E-state index in [9.17, 15) is 22.7 Å². The number of carboxylic acid groups (broad SMARTS) is 1. The molecule has 0 radical (unpaired) electrons. The van der Waals surface area contributed by atoms with Gasteiger partial charge >= 0.3 is 5.97 Å². The van der Waals surface area contributed by atoms with Crippen molar-refractivity contribution in [2.24, 2.45) is 0 Å². The van der Waals surface area contributed by atoms with Crippen molar-refractivity contribution >= 4 is 27.0 Å². The van der Waals surface area contributed by atoms with Gasteiger partial charge in [-0.05, 0) is 58.1 Å². The van der Waals surface area contributed by atoms with E-state index >= 15 is 0 Å². The number of nitrogens with zero attached hydrogens (tertiary/aromatic N) is 1. The number of aliphatic carboxylic acids is 1. The second-order valence-corrected chi connectivity index (χ2v) is 12.4. The molecule has 44 heavy (non-hydrogen) atoms. The third-order valence-electron chi connectivity index (χ3n) is 7.43. The Bertz CT molecular complexity index is 2040. The van der Waals surface area contributed by atoms with Crippen LogP contribution in [0.5, 0.6) is 0 Å². The monoisotopic (exact) mass is 605 g/mol. The first kappa shape index (κ1) is 29.0. The molecule has 0 aliphatic heterocycles. The second-order valence-electron chi connectivity index (χ2n) is 10.5. The maximum absolute atomic E-state index is 13.7. The fourth-order valence-electron chi connectivity index (χ4n) is 5.33. The van der Waals surface area contributed by atoms with Gasteiger partial charge in [0.25, 0.3) is 0 Å². The minimum atomic E-state index is -4.17. The molecule has 0 saturated heterocycles. The van der Waals surface area contributed by atoms with E-state index in [0.717, 1.165) is 48.9 Å². The Labute approximate surface area is 254 Å². The van der Waals surface area contributed by atoms with Gasteiger partial charge in [-0.15, -0.1) is 0 Å². The molecule has 0 saturated carbocycles. The first-order valence-corrected chi connectivity index (χ1v) is 15.4. The molecule has 0 amide bonds. The van der Waals surface area contributed by atoms with Crippen molar-refractivity contribution in [3.8, 4) is 22.3 Å². The minimum absolute atomic E-state index is 0.0501. The number of rotatable bonds is 10. The van der Waals surface area contributed by atoms with Crippen LogP contribution in [0.3, 0.4) is 0 Å². The van der Waals surface area contributed by atoms with Gasteiger partial charge < -0.3 is 9.52 Å². The normalized spacial score (nSPS) is 11.7. The van der Waals surface area contributed by atoms with E-state index < -0.39 is 28.4 Å². The molecule has 0 fully saturated rings. The molecule has 8 heteroatoms. The maximum atomic E-state index is 13.7. The van der Waals surface area contributed by atoms with Crippen LogP contribution in [0.1, 0.15) is 16.9 Å². The predicted molar refractivity (Wildman–Crippen MR) is 168 cm³/mol. The minimum Gasteiger partial charge on any atom is -0.480 e. The number of fused-ring (bicyclic) bond motifs is 1. The summed E-state index contributed by atoms with van der Waals surface area (Å²) in [6.45, 7) is -1.03. The molecule has 0 unspecified atom stereocenters. The molecule has 0 aliphatic rings. The van der Waals surface area contributed by atoms with Gasteiger partial charge in [-0.2, -0.15) is 4.31 Å². The van der Waals surface area contributed by atoms with Gasteiger partial charge in [-0.25, -0.2) is 12.8 Å². The van der Waals surface area contributed by atoms with E-state index in [1.807, 2.05) is 60.7 Å². The van der Waals surface area contributed by atoms with Crippen molar-refractivity contribution in [3.63, 3.8) is 0 Å². The van der Waals surface area contributed by atoms with Gasteiger partial charge in [0.1, 0.15) is 23.7 Å². The summed E-state index contributed by atoms with van der Waals surface area (Å²) >= 11 is 0. The van der Waals surface area contributed by atoms with Crippen LogP contribution in [-0.4, -0.2) is 30.3 Å². The summed E-state index contributed by atoms with van der Waals surface area (Å²) in [6.07, 6.45) is 0.653. The number of para-hydroxylation sites is 1. The first-order chi connectivity index (χ1) is 21.3. The second kappa shape index (κ2) is 12.3. The highest BCUT2D eigenvalue weighted by molar-refractivity contribution is 7.89. The van der Waals surface area contributed by atoms with Crippen LogP contribution in [-0.2, 0) is 27.8 Å². The number of benzene rings is 5. The molecule has 1 heterocycles. The number of furan rings is 1. The fourth-order valence-corrected chi connectivity index (χ4v) is 6.71. The average molecular weight is 606 g/mol. The van der Waals surface area contributed by atoms with Crippen molar-refractivity contribution in [3.05, 3.63) is 150 Å². The summed E-state index contributed by atoms with van der Waals surface area (Å²) in [5, 5.41) is 10.4. The number of sulfonamides is 1. The van der Waals surface area contributed by atoms with E-state index in [1.165, 1.54) is 30.3 Å². The molecule has 1 N–H and O–H groups in total. The molecule has 1 aromatic heterocycles. The average Bonchev–Trinajstić information content (AvgIpc) is 3.39. The number of hydrogen-bond donors (Lipinski definition) is 1. The van der Waals surface area contributed by atoms with Gasteiger partial charge in [-0.1, -0.05) is 97.1 Å². The van der Waals surface area contributed by atoms with Crippen LogP contribution in [0.15, 0.2) is 137 Å². The van der Waals surface area contributed by atoms with Gasteiger partial charge in [0.2, 0.25) is 10.0 Å². The Hall–Kier alpha value is -5.05. The summed E-state index contributed by atoms with van der Waals surface area (Å²) in [7, 11) is -4.17. The predicted octanol–water partition coefficient (Wildman–Crippen LogP) is 7.77. The van der Waals surface area contributed by atoms with Crippen molar-refractivity contribution < 1.29 is 27.1 Å². The molecule has 5 aromatic carbocycles. The fraction of sp³-hybridized carbons (Fsp3) is 0.0833. The van der Waals surface area contributed by atoms with Crippen LogP contribution in [0, 0.1) is 5.82 Å². The van der Waals surface area contributed by atoms with Gasteiger partial charge in [0.15, 0.2) is 0 Å². The molecule has 0 spiro atoms. The number of hydrogen-bond acceptors (Lipinski definition) is 4. The van der Waals surface area contributed by atoms with Crippen molar-refractivity contribution in [2.45, 2.75) is 17.9 Å². The van der Waals surface area contributed by atoms with E-state index in [1.54, 1.807) is 18.2 Å². The summed E-state index contributed by atoms with van der Waals surface area (Å²) < 4.78 is 47.6. The summed E-state index contributed by atoms with van der Waals surface area (Å²) in [5.74, 6) is -0.957. The van der Waals surface area contributed by atoms with Crippen LogP contribution in [0.4, 0.5) is 4.39 Å². The Morgan fingerprint density at radius 2 is 1.34 bits per heavy atom. The third kappa shape index (κ3) is 6.17. The van der Waals surface area contributed by atoms with Crippen molar-refractivity contribution in [1.82, 2.24) is 4.31 Å². The number of halogens is 1. The molecule has 6 aromatic rings. The van der Waals surface area contributed by atoms with Gasteiger partial charge in [0.05, 0.1) is 4.90 Å². The van der Waals surface area contributed by atoms with Crippen molar-refractivity contribution in [1.29, 1.82) is 0 Å². The van der Waals surface area contributed by atoms with Gasteiger partial charge in [-0.3, -0.25) is 4.79 Å². The Morgan fingerprint density at radius 1 is 0.727 bits per heavy atom. The highest BCUT2D eigenvalue weighted by Gasteiger charge is 2.27. The van der Waals surface area contributed by atoms with Crippen LogP contribution in [0.25, 0.3) is 33.2 Å². The van der Waals surface area contributed by atoms with E-state index in [-0.39, 0.29) is 11.4 Å². The topological polar surface area (TPSA) is 87.8 Å². The largest absolute Gasteiger partial charge is 0.480 e. The zero-order valence-corrected chi connectivity index (χ0v) is 24.4. The lowest BCUT2D eigenvalue weighted by atomic mass is 9.96. The standard InChI is InChI=1S/C36H28FNO5S/c37-30-10-6-9-26(21-30)23-38(24-35(39)40)44(41,42)31-19-17-28(18-20-31)27-13-15-29(16-14-27)36-32-11-4-5-12-33(32)43-34(36)22-25-7-2-1-3-8-25/h1-21H,22-24H2,(H,39,40). The first-order valence-electron chi connectivity index (χ1n) is 14.0. The van der Waals surface area contributed by atoms with Gasteiger partial charge in [0, 0.05) is 23.9 Å². The van der Waals surface area contributed by atoms with E-state index in [0.29, 0.717) is 12.0 Å². The number of carboxylic acids is 1. The summed E-state index contributed by atoms with van der Waals surface area (Å²) in [4.78, 5) is 11.4. The molecule has 0 bridgehead atoms. The highest BCUT2D eigenvalue weighted by Crippen LogP contribution is 2.37. The molecule has 220 valence electrons. The smallest absolute Gasteiger partial charge is 0.318 e. The van der Waals surface area contributed by atoms with Crippen molar-refractivity contribution in [2.75, 3.05) is 6.54 Å². The van der Waals surface area contributed by atoms with Crippen LogP contribution < -0.4 is 0 Å². The SMILES string of the molecule is O=C(O)CN(Cc1cccc(F)c1)S(=O)(=O)c1ccc(-c2ccc(-c3c(Cc4ccccc4)oc4ccccc34)cc2)cc1.